The number of nitro benzene ring substituents is 1. The Morgan fingerprint density at radius 1 is 1.47 bits per heavy atom. The number of rotatable bonds is 3. The van der Waals surface area contributed by atoms with E-state index in [9.17, 15) is 19.3 Å². The SMILES string of the molecule is Cc1cc(F)c(NC(=O)c2ccsc2)cc1[N+](=O)[O-]. The van der Waals surface area contributed by atoms with Crippen molar-refractivity contribution >= 4 is 28.6 Å². The molecule has 7 heteroatoms. The van der Waals surface area contributed by atoms with Crippen LogP contribution in [0.1, 0.15) is 15.9 Å². The number of aryl methyl sites for hydroxylation is 1. The summed E-state index contributed by atoms with van der Waals surface area (Å²) >= 11 is 1.33. The standard InChI is InChI=1S/C12H9FN2O3S/c1-7-4-9(13)10(5-11(7)15(17)18)14-12(16)8-2-3-19-6-8/h2-6H,1H3,(H,14,16). The van der Waals surface area contributed by atoms with Gasteiger partial charge in [0.15, 0.2) is 0 Å². The van der Waals surface area contributed by atoms with E-state index in [2.05, 4.69) is 5.32 Å². The van der Waals surface area contributed by atoms with Crippen molar-refractivity contribution in [3.8, 4) is 0 Å². The number of carbonyl (C=O) groups excluding carboxylic acids is 1. The zero-order valence-corrected chi connectivity index (χ0v) is 10.7. The van der Waals surface area contributed by atoms with E-state index in [-0.39, 0.29) is 16.9 Å². The maximum Gasteiger partial charge on any atom is 0.274 e. The van der Waals surface area contributed by atoms with Crippen molar-refractivity contribution in [3.63, 3.8) is 0 Å². The first-order chi connectivity index (χ1) is 8.99. The van der Waals surface area contributed by atoms with Gasteiger partial charge in [0, 0.05) is 17.0 Å². The molecule has 0 aliphatic carbocycles. The van der Waals surface area contributed by atoms with Crippen LogP contribution in [0.25, 0.3) is 0 Å². The summed E-state index contributed by atoms with van der Waals surface area (Å²) in [7, 11) is 0. The molecule has 0 bridgehead atoms. The molecule has 1 aromatic carbocycles. The zero-order valence-electron chi connectivity index (χ0n) is 9.84. The number of hydrogen-bond acceptors (Lipinski definition) is 4. The Labute approximate surface area is 111 Å². The van der Waals surface area contributed by atoms with Gasteiger partial charge in [0.2, 0.25) is 0 Å². The quantitative estimate of drug-likeness (QED) is 0.692. The van der Waals surface area contributed by atoms with Gasteiger partial charge in [-0.3, -0.25) is 14.9 Å². The average Bonchev–Trinajstić information content (AvgIpc) is 2.85. The predicted molar refractivity (Wildman–Crippen MR) is 70.1 cm³/mol. The summed E-state index contributed by atoms with van der Waals surface area (Å²) in [5, 5.41) is 16.4. The van der Waals surface area contributed by atoms with Gasteiger partial charge in [0.1, 0.15) is 5.82 Å². The van der Waals surface area contributed by atoms with Gasteiger partial charge in [-0.05, 0) is 24.4 Å². The lowest BCUT2D eigenvalue weighted by molar-refractivity contribution is -0.385. The number of nitrogens with zero attached hydrogens (tertiary/aromatic N) is 1. The Balaban J connectivity index is 2.32. The van der Waals surface area contributed by atoms with Gasteiger partial charge in [-0.1, -0.05) is 0 Å². The first-order valence-corrected chi connectivity index (χ1v) is 6.21. The number of thiophene rings is 1. The van der Waals surface area contributed by atoms with Gasteiger partial charge in [-0.2, -0.15) is 11.3 Å². The van der Waals surface area contributed by atoms with Crippen LogP contribution in [0, 0.1) is 22.9 Å². The molecule has 98 valence electrons. The van der Waals surface area contributed by atoms with E-state index in [1.165, 1.54) is 18.3 Å². The topological polar surface area (TPSA) is 72.2 Å². The summed E-state index contributed by atoms with van der Waals surface area (Å²) in [4.78, 5) is 21.9. The minimum Gasteiger partial charge on any atom is -0.319 e. The van der Waals surface area contributed by atoms with Crippen LogP contribution in [0.4, 0.5) is 15.8 Å². The van der Waals surface area contributed by atoms with E-state index in [1.54, 1.807) is 16.8 Å². The third-order valence-corrected chi connectivity index (χ3v) is 3.20. The molecule has 2 rings (SSSR count). The number of amides is 1. The average molecular weight is 280 g/mol. The van der Waals surface area contributed by atoms with Gasteiger partial charge in [-0.15, -0.1) is 0 Å². The molecular formula is C12H9FN2O3S. The summed E-state index contributed by atoms with van der Waals surface area (Å²) in [5.74, 6) is -1.20. The molecule has 0 aliphatic heterocycles. The van der Waals surface area contributed by atoms with Crippen LogP contribution in [-0.2, 0) is 0 Å². The van der Waals surface area contributed by atoms with Crippen LogP contribution in [-0.4, -0.2) is 10.8 Å². The van der Waals surface area contributed by atoms with Crippen LogP contribution in [0.2, 0.25) is 0 Å². The molecule has 2 aromatic rings. The van der Waals surface area contributed by atoms with E-state index in [1.807, 2.05) is 0 Å². The molecule has 0 atom stereocenters. The van der Waals surface area contributed by atoms with E-state index < -0.39 is 16.6 Å². The van der Waals surface area contributed by atoms with Crippen molar-refractivity contribution in [2.75, 3.05) is 5.32 Å². The number of halogens is 1. The lowest BCUT2D eigenvalue weighted by Gasteiger charge is -2.06. The van der Waals surface area contributed by atoms with Gasteiger partial charge in [0.25, 0.3) is 11.6 Å². The molecule has 1 N–H and O–H groups in total. The summed E-state index contributed by atoms with van der Waals surface area (Å²) < 4.78 is 13.7. The van der Waals surface area contributed by atoms with Crippen LogP contribution in [0.15, 0.2) is 29.0 Å². The number of nitro groups is 1. The molecule has 0 spiro atoms. The molecule has 0 saturated carbocycles. The third-order valence-electron chi connectivity index (χ3n) is 2.51. The summed E-state index contributed by atoms with van der Waals surface area (Å²) in [6, 6.07) is 3.64. The number of carbonyl (C=O) groups is 1. The van der Waals surface area contributed by atoms with E-state index >= 15 is 0 Å². The molecule has 0 unspecified atom stereocenters. The minimum absolute atomic E-state index is 0.200. The number of hydrogen-bond donors (Lipinski definition) is 1. The van der Waals surface area contributed by atoms with Crippen molar-refractivity contribution in [2.45, 2.75) is 6.92 Å². The monoisotopic (exact) mass is 280 g/mol. The van der Waals surface area contributed by atoms with Crippen LogP contribution in [0.5, 0.6) is 0 Å². The summed E-state index contributed by atoms with van der Waals surface area (Å²) in [5.41, 5.74) is 0.152. The van der Waals surface area contributed by atoms with E-state index in [0.29, 0.717) is 5.56 Å². The van der Waals surface area contributed by atoms with Crippen molar-refractivity contribution in [2.24, 2.45) is 0 Å². The molecule has 0 fully saturated rings. The highest BCUT2D eigenvalue weighted by Gasteiger charge is 2.17. The molecule has 0 saturated heterocycles. The Morgan fingerprint density at radius 2 is 2.21 bits per heavy atom. The Hall–Kier alpha value is -2.28. The van der Waals surface area contributed by atoms with Gasteiger partial charge in [-0.25, -0.2) is 4.39 Å². The Kier molecular flexibility index (Phi) is 3.57. The highest BCUT2D eigenvalue weighted by atomic mass is 32.1. The Bertz CT molecular complexity index is 641. The van der Waals surface area contributed by atoms with E-state index in [0.717, 1.165) is 12.1 Å². The normalized spacial score (nSPS) is 10.2. The largest absolute Gasteiger partial charge is 0.319 e. The predicted octanol–water partition coefficient (Wildman–Crippen LogP) is 3.36. The van der Waals surface area contributed by atoms with Crippen molar-refractivity contribution in [1.29, 1.82) is 0 Å². The first-order valence-electron chi connectivity index (χ1n) is 5.27. The van der Waals surface area contributed by atoms with Crippen LogP contribution in [0.3, 0.4) is 0 Å². The summed E-state index contributed by atoms with van der Waals surface area (Å²) in [6.45, 7) is 1.44. The molecule has 1 aromatic heterocycles. The molecule has 0 radical (unpaired) electrons. The molecular weight excluding hydrogens is 271 g/mol. The fraction of sp³-hybridized carbons (Fsp3) is 0.0833. The fourth-order valence-electron chi connectivity index (χ4n) is 1.54. The maximum atomic E-state index is 13.7. The summed E-state index contributed by atoms with van der Waals surface area (Å²) in [6.07, 6.45) is 0. The second kappa shape index (κ2) is 5.15. The van der Waals surface area contributed by atoms with Gasteiger partial charge >= 0.3 is 0 Å². The van der Waals surface area contributed by atoms with Crippen LogP contribution < -0.4 is 5.32 Å². The fourth-order valence-corrected chi connectivity index (χ4v) is 2.18. The van der Waals surface area contributed by atoms with Crippen molar-refractivity contribution in [1.82, 2.24) is 0 Å². The molecule has 5 nitrogen and oxygen atoms in total. The maximum absolute atomic E-state index is 13.7. The zero-order chi connectivity index (χ0) is 14.0. The smallest absolute Gasteiger partial charge is 0.274 e. The second-order valence-electron chi connectivity index (χ2n) is 3.84. The minimum atomic E-state index is -0.702. The lowest BCUT2D eigenvalue weighted by Crippen LogP contribution is -2.12. The lowest BCUT2D eigenvalue weighted by atomic mass is 10.1. The van der Waals surface area contributed by atoms with Crippen molar-refractivity contribution in [3.05, 3.63) is 56.0 Å². The number of anilines is 1. The number of nitrogens with one attached hydrogen (secondary N) is 1. The number of benzene rings is 1. The molecule has 19 heavy (non-hydrogen) atoms. The first kappa shape index (κ1) is 13.2. The van der Waals surface area contributed by atoms with Crippen molar-refractivity contribution < 1.29 is 14.1 Å². The molecule has 0 aliphatic rings. The van der Waals surface area contributed by atoms with Gasteiger partial charge < -0.3 is 5.32 Å². The Morgan fingerprint density at radius 3 is 2.79 bits per heavy atom. The second-order valence-corrected chi connectivity index (χ2v) is 4.62. The molecule has 1 heterocycles. The third kappa shape index (κ3) is 2.76. The van der Waals surface area contributed by atoms with E-state index in [4.69, 9.17) is 0 Å². The van der Waals surface area contributed by atoms with Gasteiger partial charge in [0.05, 0.1) is 16.2 Å². The highest BCUT2D eigenvalue weighted by Crippen LogP contribution is 2.26. The highest BCUT2D eigenvalue weighted by molar-refractivity contribution is 7.08. The molecule has 1 amide bonds. The van der Waals surface area contributed by atoms with Crippen LogP contribution >= 0.6 is 11.3 Å².